The minimum atomic E-state index is 0.211. The zero-order chi connectivity index (χ0) is 23.1. The van der Waals surface area contributed by atoms with Crippen molar-refractivity contribution < 1.29 is 4.79 Å². The van der Waals surface area contributed by atoms with Crippen molar-refractivity contribution in [3.63, 3.8) is 0 Å². The number of halogens is 1. The molecule has 33 heavy (non-hydrogen) atoms. The van der Waals surface area contributed by atoms with Gasteiger partial charge in [-0.05, 0) is 64.9 Å². The van der Waals surface area contributed by atoms with Crippen LogP contribution in [-0.4, -0.2) is 74.6 Å². The van der Waals surface area contributed by atoms with Gasteiger partial charge in [0.05, 0.1) is 12.1 Å². The average molecular weight is 469 g/mol. The number of carbonyl (C=O) groups is 1. The van der Waals surface area contributed by atoms with Gasteiger partial charge in [0.25, 0.3) is 0 Å². The maximum absolute atomic E-state index is 12.7. The van der Waals surface area contributed by atoms with Crippen LogP contribution in [0.2, 0.25) is 5.02 Å². The predicted molar refractivity (Wildman–Crippen MR) is 130 cm³/mol. The van der Waals surface area contributed by atoms with Crippen molar-refractivity contribution in [3.05, 3.63) is 35.0 Å². The van der Waals surface area contributed by atoms with E-state index >= 15 is 0 Å². The van der Waals surface area contributed by atoms with Crippen molar-refractivity contribution in [2.75, 3.05) is 31.3 Å². The summed E-state index contributed by atoms with van der Waals surface area (Å²) >= 11 is 6.25. The number of piperidine rings is 1. The molecule has 4 heterocycles. The van der Waals surface area contributed by atoms with Crippen LogP contribution in [0.15, 0.2) is 24.3 Å². The third-order valence-electron chi connectivity index (χ3n) is 6.42. The minimum absolute atomic E-state index is 0.211. The molecule has 3 atom stereocenters. The van der Waals surface area contributed by atoms with Crippen molar-refractivity contribution in [2.45, 2.75) is 50.7 Å². The molecule has 0 unspecified atom stereocenters. The average Bonchev–Trinajstić information content (AvgIpc) is 3.27. The standard InChI is InChI=1S/C23H29ClN8O/c1-13-8-20(30-29-13)27-22-18-7-4-14(24)9-19(18)26-23(28-22)25-15-10-16-5-6-17(11-15)32(16)21(33)12-31(2)3/h4,7-9,15-17H,5-6,10-12H2,1-3H3,(H3,25,26,27,28,29,30)/t15-,16-,17+. The molecule has 2 aromatic heterocycles. The molecular formula is C23H29ClN8O. The van der Waals surface area contributed by atoms with E-state index in [2.05, 4.69) is 25.7 Å². The molecule has 174 valence electrons. The number of benzene rings is 1. The van der Waals surface area contributed by atoms with Crippen LogP contribution in [0.3, 0.4) is 0 Å². The zero-order valence-corrected chi connectivity index (χ0v) is 19.9. The van der Waals surface area contributed by atoms with Gasteiger partial charge in [0.1, 0.15) is 5.82 Å². The van der Waals surface area contributed by atoms with Crippen LogP contribution in [0.1, 0.15) is 31.4 Å². The first-order valence-electron chi connectivity index (χ1n) is 11.3. The molecule has 2 aliphatic heterocycles. The maximum atomic E-state index is 12.7. The van der Waals surface area contributed by atoms with E-state index in [1.807, 2.05) is 50.2 Å². The number of aryl methyl sites for hydroxylation is 1. The van der Waals surface area contributed by atoms with Gasteiger partial charge in [-0.3, -0.25) is 9.89 Å². The Kier molecular flexibility index (Phi) is 5.84. The fraction of sp³-hybridized carbons (Fsp3) is 0.478. The second-order valence-electron chi connectivity index (χ2n) is 9.35. The summed E-state index contributed by atoms with van der Waals surface area (Å²) in [6.45, 7) is 2.41. The number of carbonyl (C=O) groups excluding carboxylic acids is 1. The lowest BCUT2D eigenvalue weighted by atomic mass is 9.97. The highest BCUT2D eigenvalue weighted by Crippen LogP contribution is 2.37. The number of likely N-dealkylation sites (N-methyl/N-ethyl adjacent to an activating group) is 1. The molecule has 5 rings (SSSR count). The number of nitrogens with zero attached hydrogens (tertiary/aromatic N) is 5. The first kappa shape index (κ1) is 21.9. The largest absolute Gasteiger partial charge is 0.351 e. The summed E-state index contributed by atoms with van der Waals surface area (Å²) in [5.74, 6) is 2.15. The summed E-state index contributed by atoms with van der Waals surface area (Å²) in [5, 5.41) is 15.5. The van der Waals surface area contributed by atoms with Gasteiger partial charge in [0.15, 0.2) is 5.82 Å². The number of amides is 1. The predicted octanol–water partition coefficient (Wildman–Crippen LogP) is 3.55. The number of hydrogen-bond acceptors (Lipinski definition) is 7. The van der Waals surface area contributed by atoms with E-state index in [9.17, 15) is 4.79 Å². The SMILES string of the molecule is Cc1cc(Nc2nc(N[C@@H]3C[C@H]4CC[C@@H](C3)N4C(=O)CN(C)C)nc3cc(Cl)ccc23)n[nH]1. The van der Waals surface area contributed by atoms with E-state index in [0.717, 1.165) is 42.3 Å². The summed E-state index contributed by atoms with van der Waals surface area (Å²) in [4.78, 5) is 26.3. The van der Waals surface area contributed by atoms with E-state index in [0.29, 0.717) is 29.2 Å². The van der Waals surface area contributed by atoms with E-state index in [-0.39, 0.29) is 24.0 Å². The van der Waals surface area contributed by atoms with E-state index in [1.165, 1.54) is 0 Å². The Bertz CT molecular complexity index is 1160. The molecule has 0 aliphatic carbocycles. The second-order valence-corrected chi connectivity index (χ2v) is 9.79. The highest BCUT2D eigenvalue weighted by atomic mass is 35.5. The lowest BCUT2D eigenvalue weighted by Gasteiger charge is -2.39. The molecule has 2 aliphatic rings. The third-order valence-corrected chi connectivity index (χ3v) is 6.65. The topological polar surface area (TPSA) is 102 Å². The van der Waals surface area contributed by atoms with E-state index < -0.39 is 0 Å². The Balaban J connectivity index is 1.38. The van der Waals surface area contributed by atoms with E-state index in [1.54, 1.807) is 0 Å². The number of aromatic amines is 1. The van der Waals surface area contributed by atoms with Crippen molar-refractivity contribution in [2.24, 2.45) is 0 Å². The normalized spacial score (nSPS) is 22.2. The lowest BCUT2D eigenvalue weighted by molar-refractivity contribution is -0.136. The molecule has 0 saturated carbocycles. The molecule has 0 spiro atoms. The number of nitrogens with one attached hydrogen (secondary N) is 3. The number of fused-ring (bicyclic) bond motifs is 3. The van der Waals surface area contributed by atoms with Crippen LogP contribution in [-0.2, 0) is 4.79 Å². The molecule has 1 aromatic carbocycles. The molecule has 10 heteroatoms. The van der Waals surface area contributed by atoms with Gasteiger partial charge < -0.3 is 20.4 Å². The van der Waals surface area contributed by atoms with Gasteiger partial charge in [-0.25, -0.2) is 4.98 Å². The maximum Gasteiger partial charge on any atom is 0.237 e. The number of aromatic nitrogens is 4. The van der Waals surface area contributed by atoms with Gasteiger partial charge in [0.2, 0.25) is 11.9 Å². The van der Waals surface area contributed by atoms with Crippen molar-refractivity contribution >= 4 is 46.0 Å². The Morgan fingerprint density at radius 1 is 1.21 bits per heavy atom. The smallest absolute Gasteiger partial charge is 0.237 e. The Morgan fingerprint density at radius 3 is 2.64 bits per heavy atom. The number of rotatable bonds is 6. The fourth-order valence-electron chi connectivity index (χ4n) is 5.10. The molecular weight excluding hydrogens is 440 g/mol. The molecule has 1 amide bonds. The third kappa shape index (κ3) is 4.60. The van der Waals surface area contributed by atoms with Gasteiger partial charge in [-0.2, -0.15) is 10.1 Å². The lowest BCUT2D eigenvalue weighted by Crippen LogP contribution is -2.52. The van der Waals surface area contributed by atoms with Gasteiger partial charge >= 0.3 is 0 Å². The fourth-order valence-corrected chi connectivity index (χ4v) is 5.27. The summed E-state index contributed by atoms with van der Waals surface area (Å²) in [6, 6.07) is 8.27. The van der Waals surface area contributed by atoms with Crippen LogP contribution in [0, 0.1) is 6.92 Å². The van der Waals surface area contributed by atoms with E-state index in [4.69, 9.17) is 21.6 Å². The molecule has 2 bridgehead atoms. The van der Waals surface area contributed by atoms with Crippen molar-refractivity contribution in [3.8, 4) is 0 Å². The first-order valence-corrected chi connectivity index (χ1v) is 11.7. The molecule has 0 radical (unpaired) electrons. The quantitative estimate of drug-likeness (QED) is 0.508. The van der Waals surface area contributed by atoms with Crippen LogP contribution < -0.4 is 10.6 Å². The van der Waals surface area contributed by atoms with Crippen LogP contribution in [0.25, 0.3) is 10.9 Å². The summed E-state index contributed by atoms with van der Waals surface area (Å²) in [7, 11) is 3.88. The van der Waals surface area contributed by atoms with Crippen molar-refractivity contribution in [1.29, 1.82) is 0 Å². The number of anilines is 3. The molecule has 2 fully saturated rings. The molecule has 2 saturated heterocycles. The van der Waals surface area contributed by atoms with Crippen LogP contribution in [0.4, 0.5) is 17.6 Å². The monoisotopic (exact) mass is 468 g/mol. The zero-order valence-electron chi connectivity index (χ0n) is 19.1. The van der Waals surface area contributed by atoms with Gasteiger partial charge in [0, 0.05) is 40.3 Å². The highest BCUT2D eigenvalue weighted by molar-refractivity contribution is 6.31. The Labute approximate surface area is 197 Å². The summed E-state index contributed by atoms with van der Waals surface area (Å²) in [6.07, 6.45) is 3.91. The van der Waals surface area contributed by atoms with Crippen LogP contribution >= 0.6 is 11.6 Å². The highest BCUT2D eigenvalue weighted by Gasteiger charge is 2.43. The molecule has 9 nitrogen and oxygen atoms in total. The van der Waals surface area contributed by atoms with Crippen LogP contribution in [0.5, 0.6) is 0 Å². The number of H-pyrrole nitrogens is 1. The Morgan fingerprint density at radius 2 is 1.97 bits per heavy atom. The second kappa shape index (κ2) is 8.79. The molecule has 3 N–H and O–H groups in total. The Hall–Kier alpha value is -2.91. The molecule has 3 aromatic rings. The first-order chi connectivity index (χ1) is 15.9. The summed E-state index contributed by atoms with van der Waals surface area (Å²) < 4.78 is 0. The van der Waals surface area contributed by atoms with Gasteiger partial charge in [-0.1, -0.05) is 11.6 Å². The summed E-state index contributed by atoms with van der Waals surface area (Å²) in [5.41, 5.74) is 1.72. The van der Waals surface area contributed by atoms with Crippen molar-refractivity contribution in [1.82, 2.24) is 30.0 Å². The van der Waals surface area contributed by atoms with Gasteiger partial charge in [-0.15, -0.1) is 0 Å². The number of hydrogen-bond donors (Lipinski definition) is 3. The minimum Gasteiger partial charge on any atom is -0.351 e.